The van der Waals surface area contributed by atoms with Gasteiger partial charge in [-0.05, 0) is 17.7 Å². The number of fused-ring (bicyclic) bond motifs is 1. The summed E-state index contributed by atoms with van der Waals surface area (Å²) in [5.41, 5.74) is -0.876. The lowest BCUT2D eigenvalue weighted by atomic mass is 10.1. The Labute approximate surface area is 201 Å². The lowest BCUT2D eigenvalue weighted by Gasteiger charge is -2.14. The predicted molar refractivity (Wildman–Crippen MR) is 123 cm³/mol. The van der Waals surface area contributed by atoms with Gasteiger partial charge in [0.1, 0.15) is 28.2 Å². The summed E-state index contributed by atoms with van der Waals surface area (Å²) >= 11 is 5.66. The number of amides is 1. The fourth-order valence-electron chi connectivity index (χ4n) is 3.43. The van der Waals surface area contributed by atoms with Gasteiger partial charge in [0.25, 0.3) is 5.91 Å². The van der Waals surface area contributed by atoms with Crippen molar-refractivity contribution in [2.45, 2.75) is 12.7 Å². The van der Waals surface area contributed by atoms with Gasteiger partial charge in [-0.2, -0.15) is 13.2 Å². The molecule has 0 fully saturated rings. The summed E-state index contributed by atoms with van der Waals surface area (Å²) in [5, 5.41) is 12.5. The van der Waals surface area contributed by atoms with E-state index in [4.69, 9.17) is 20.8 Å². The van der Waals surface area contributed by atoms with Gasteiger partial charge in [0.15, 0.2) is 12.0 Å². The minimum Gasteiger partial charge on any atom is -0.507 e. The van der Waals surface area contributed by atoms with Gasteiger partial charge in [0.2, 0.25) is 0 Å². The average molecular weight is 504 g/mol. The summed E-state index contributed by atoms with van der Waals surface area (Å²) in [6.07, 6.45) is -4.63. The molecule has 4 aromatic rings. The Morgan fingerprint density at radius 3 is 2.51 bits per heavy atom. The Hall–Kier alpha value is -3.98. The number of carbonyl (C=O) groups is 1. The van der Waals surface area contributed by atoms with Crippen molar-refractivity contribution in [2.75, 3.05) is 6.61 Å². The summed E-state index contributed by atoms with van der Waals surface area (Å²) in [6.45, 7) is -0.949. The fourth-order valence-corrected chi connectivity index (χ4v) is 3.60. The Morgan fingerprint density at radius 1 is 1.06 bits per heavy atom. The predicted octanol–water partition coefficient (Wildman–Crippen LogP) is 5.53. The number of hydrogen-bond donors (Lipinski definition) is 2. The third-order valence-electron chi connectivity index (χ3n) is 5.06. The molecule has 4 rings (SSSR count). The second-order valence-electron chi connectivity index (χ2n) is 7.52. The number of phenols is 1. The second-order valence-corrected chi connectivity index (χ2v) is 7.96. The largest absolute Gasteiger partial charge is 0.507 e. The maximum atomic E-state index is 13.2. The third kappa shape index (κ3) is 5.58. The van der Waals surface area contributed by atoms with E-state index < -0.39 is 42.0 Å². The van der Waals surface area contributed by atoms with Gasteiger partial charge in [-0.25, -0.2) is 0 Å². The Bertz CT molecular complexity index is 1450. The number of hydrogen-bond acceptors (Lipinski definition) is 5. The molecular weight excluding hydrogens is 487 g/mol. The van der Waals surface area contributed by atoms with Crippen molar-refractivity contribution in [2.24, 2.45) is 0 Å². The molecule has 3 aromatic carbocycles. The molecule has 6 nitrogen and oxygen atoms in total. The summed E-state index contributed by atoms with van der Waals surface area (Å²) in [5.74, 6) is -0.795. The van der Waals surface area contributed by atoms with Gasteiger partial charge in [0, 0.05) is 35.3 Å². The van der Waals surface area contributed by atoms with Gasteiger partial charge in [-0.3, -0.25) is 9.59 Å². The van der Waals surface area contributed by atoms with Crippen LogP contribution in [0.15, 0.2) is 75.9 Å². The van der Waals surface area contributed by atoms with E-state index in [9.17, 15) is 27.9 Å². The molecule has 1 aromatic heterocycles. The van der Waals surface area contributed by atoms with Crippen LogP contribution in [0, 0.1) is 0 Å². The molecular formula is C25H17ClF3NO5. The molecule has 0 unspecified atom stereocenters. The topological polar surface area (TPSA) is 88.8 Å². The highest BCUT2D eigenvalue weighted by molar-refractivity contribution is 6.30. The van der Waals surface area contributed by atoms with Gasteiger partial charge < -0.3 is 19.6 Å². The van der Waals surface area contributed by atoms with Gasteiger partial charge in [-0.15, -0.1) is 0 Å². The SMILES string of the molecule is O=C(COc1cc(O)c2c(=O)cc(-c3ccccc3)oc2c1)NCc1ccc(Cl)cc1C(F)(F)F. The van der Waals surface area contributed by atoms with Crippen molar-refractivity contribution in [3.8, 4) is 22.8 Å². The zero-order chi connectivity index (χ0) is 25.2. The number of benzene rings is 3. The van der Waals surface area contributed by atoms with Crippen molar-refractivity contribution < 1.29 is 32.2 Å². The minimum absolute atomic E-state index is 0.0287. The minimum atomic E-state index is -4.63. The monoisotopic (exact) mass is 503 g/mol. The van der Waals surface area contributed by atoms with Crippen molar-refractivity contribution in [3.05, 3.63) is 93.1 Å². The maximum Gasteiger partial charge on any atom is 0.416 e. The van der Waals surface area contributed by atoms with Gasteiger partial charge in [-0.1, -0.05) is 48.0 Å². The van der Waals surface area contributed by atoms with Crippen molar-refractivity contribution in [1.29, 1.82) is 0 Å². The number of aromatic hydroxyl groups is 1. The van der Waals surface area contributed by atoms with E-state index in [2.05, 4.69) is 5.32 Å². The van der Waals surface area contributed by atoms with Crippen LogP contribution in [-0.2, 0) is 17.5 Å². The van der Waals surface area contributed by atoms with E-state index in [1.807, 2.05) is 6.07 Å². The van der Waals surface area contributed by atoms with Gasteiger partial charge in [0.05, 0.1) is 5.56 Å². The molecule has 0 saturated heterocycles. The number of rotatable bonds is 6. The lowest BCUT2D eigenvalue weighted by Crippen LogP contribution is -2.29. The van der Waals surface area contributed by atoms with E-state index >= 15 is 0 Å². The molecule has 0 aliphatic rings. The molecule has 0 atom stereocenters. The molecule has 0 spiro atoms. The first-order valence-corrected chi connectivity index (χ1v) is 10.6. The van der Waals surface area contributed by atoms with Crippen LogP contribution in [0.3, 0.4) is 0 Å². The third-order valence-corrected chi connectivity index (χ3v) is 5.30. The molecule has 0 aliphatic carbocycles. The highest BCUT2D eigenvalue weighted by atomic mass is 35.5. The molecule has 35 heavy (non-hydrogen) atoms. The van der Waals surface area contributed by atoms with Crippen LogP contribution in [0.2, 0.25) is 5.02 Å². The van der Waals surface area contributed by atoms with Crippen LogP contribution in [-0.4, -0.2) is 17.6 Å². The summed E-state index contributed by atoms with van der Waals surface area (Å²) in [7, 11) is 0. The molecule has 1 amide bonds. The molecule has 180 valence electrons. The van der Waals surface area contributed by atoms with E-state index in [0.717, 1.165) is 12.1 Å². The van der Waals surface area contributed by atoms with Crippen molar-refractivity contribution in [1.82, 2.24) is 5.32 Å². The molecule has 1 heterocycles. The van der Waals surface area contributed by atoms with E-state index in [1.165, 1.54) is 24.3 Å². The number of ether oxygens (including phenoxy) is 1. The van der Waals surface area contributed by atoms with E-state index in [1.54, 1.807) is 24.3 Å². The van der Waals surface area contributed by atoms with Crippen LogP contribution in [0.25, 0.3) is 22.3 Å². The standard InChI is InChI=1S/C25H17ClF3NO5/c26-16-7-6-15(18(8-16)25(27,28)29)12-30-23(33)13-34-17-9-19(31)24-20(32)11-21(35-22(24)10-17)14-4-2-1-3-5-14/h1-11,31H,12-13H2,(H,30,33). The van der Waals surface area contributed by atoms with Crippen LogP contribution >= 0.6 is 11.6 Å². The number of nitrogens with one attached hydrogen (secondary N) is 1. The van der Waals surface area contributed by atoms with Crippen LogP contribution in [0.1, 0.15) is 11.1 Å². The molecule has 0 saturated carbocycles. The van der Waals surface area contributed by atoms with Crippen LogP contribution in [0.4, 0.5) is 13.2 Å². The average Bonchev–Trinajstić information content (AvgIpc) is 2.81. The normalized spacial score (nSPS) is 11.4. The zero-order valence-electron chi connectivity index (χ0n) is 17.9. The molecule has 10 heteroatoms. The van der Waals surface area contributed by atoms with Crippen LogP contribution < -0.4 is 15.5 Å². The highest BCUT2D eigenvalue weighted by Gasteiger charge is 2.33. The lowest BCUT2D eigenvalue weighted by molar-refractivity contribution is -0.138. The first-order chi connectivity index (χ1) is 16.6. The number of carbonyl (C=O) groups excluding carboxylic acids is 1. The number of alkyl halides is 3. The quantitative estimate of drug-likeness (QED) is 0.361. The Kier molecular flexibility index (Phi) is 6.70. The number of phenolic OH excluding ortho intramolecular Hbond substituents is 1. The molecule has 0 aliphatic heterocycles. The first-order valence-electron chi connectivity index (χ1n) is 10.2. The first kappa shape index (κ1) is 24.2. The van der Waals surface area contributed by atoms with Gasteiger partial charge >= 0.3 is 6.18 Å². The number of halogens is 4. The van der Waals surface area contributed by atoms with Crippen molar-refractivity contribution >= 4 is 28.5 Å². The van der Waals surface area contributed by atoms with E-state index in [0.29, 0.717) is 5.56 Å². The van der Waals surface area contributed by atoms with E-state index in [-0.39, 0.29) is 33.1 Å². The second kappa shape index (κ2) is 9.71. The smallest absolute Gasteiger partial charge is 0.416 e. The summed E-state index contributed by atoms with van der Waals surface area (Å²) < 4.78 is 50.7. The Morgan fingerprint density at radius 2 is 1.80 bits per heavy atom. The fraction of sp³-hybridized carbons (Fsp3) is 0.120. The molecule has 2 N–H and O–H groups in total. The summed E-state index contributed by atoms with van der Waals surface area (Å²) in [6, 6.07) is 15.9. The summed E-state index contributed by atoms with van der Waals surface area (Å²) in [4.78, 5) is 24.7. The Balaban J connectivity index is 1.49. The maximum absolute atomic E-state index is 13.2. The highest BCUT2D eigenvalue weighted by Crippen LogP contribution is 2.34. The zero-order valence-corrected chi connectivity index (χ0v) is 18.6. The van der Waals surface area contributed by atoms with Crippen LogP contribution in [0.5, 0.6) is 11.5 Å². The molecule has 0 bridgehead atoms. The van der Waals surface area contributed by atoms with Crippen molar-refractivity contribution in [3.63, 3.8) is 0 Å². The molecule has 0 radical (unpaired) electrons.